The van der Waals surface area contributed by atoms with Crippen molar-refractivity contribution in [1.29, 1.82) is 0 Å². The Morgan fingerprint density at radius 2 is 2.19 bits per heavy atom. The largest absolute Gasteiger partial charge is 0.351 e. The highest BCUT2D eigenvalue weighted by Gasteiger charge is 2.44. The molecule has 3 heteroatoms. The predicted molar refractivity (Wildman–Crippen MR) is 67.1 cm³/mol. The predicted octanol–water partition coefficient (Wildman–Crippen LogP) is 2.20. The molecule has 1 rings (SSSR count). The molecule has 16 heavy (non-hydrogen) atoms. The summed E-state index contributed by atoms with van der Waals surface area (Å²) in [5.41, 5.74) is 5.58. The lowest BCUT2D eigenvalue weighted by Crippen LogP contribution is -2.53. The van der Waals surface area contributed by atoms with Gasteiger partial charge in [-0.3, -0.25) is 4.79 Å². The first kappa shape index (κ1) is 13.5. The van der Waals surface area contributed by atoms with Crippen molar-refractivity contribution in [2.75, 3.05) is 0 Å². The summed E-state index contributed by atoms with van der Waals surface area (Å²) in [5.74, 6) is 0.135. The van der Waals surface area contributed by atoms with Gasteiger partial charge in [0.15, 0.2) is 0 Å². The molecule has 3 N–H and O–H groups in total. The zero-order chi connectivity index (χ0) is 12.4. The molecule has 1 saturated carbocycles. The smallest absolute Gasteiger partial charge is 0.227 e. The molecule has 2 atom stereocenters. The molecule has 0 saturated heterocycles. The van der Waals surface area contributed by atoms with Gasteiger partial charge in [-0.25, -0.2) is 0 Å². The molecule has 0 aromatic carbocycles. The van der Waals surface area contributed by atoms with Gasteiger partial charge in [-0.15, -0.1) is 0 Å². The van der Waals surface area contributed by atoms with E-state index in [1.807, 2.05) is 6.92 Å². The van der Waals surface area contributed by atoms with E-state index in [9.17, 15) is 4.79 Å². The minimum atomic E-state index is -0.356. The minimum Gasteiger partial charge on any atom is -0.351 e. The lowest BCUT2D eigenvalue weighted by atomic mass is 9.83. The highest BCUT2D eigenvalue weighted by atomic mass is 16.2. The van der Waals surface area contributed by atoms with E-state index in [0.29, 0.717) is 0 Å². The van der Waals surface area contributed by atoms with Gasteiger partial charge in [-0.2, -0.15) is 0 Å². The van der Waals surface area contributed by atoms with Crippen molar-refractivity contribution < 1.29 is 4.79 Å². The van der Waals surface area contributed by atoms with E-state index in [1.165, 1.54) is 0 Å². The summed E-state index contributed by atoms with van der Waals surface area (Å²) in [5, 5.41) is 3.15. The van der Waals surface area contributed by atoms with Crippen LogP contribution in [-0.2, 0) is 4.79 Å². The highest BCUT2D eigenvalue weighted by molar-refractivity contribution is 5.84. The molecular weight excluding hydrogens is 200 g/mol. The van der Waals surface area contributed by atoms with Crippen LogP contribution in [0, 0.1) is 5.41 Å². The number of hydrogen-bond acceptors (Lipinski definition) is 2. The topological polar surface area (TPSA) is 55.1 Å². The average molecular weight is 226 g/mol. The summed E-state index contributed by atoms with van der Waals surface area (Å²) in [4.78, 5) is 12.3. The Morgan fingerprint density at radius 1 is 1.56 bits per heavy atom. The molecule has 2 unspecified atom stereocenters. The zero-order valence-electron chi connectivity index (χ0n) is 11.1. The van der Waals surface area contributed by atoms with E-state index in [2.05, 4.69) is 26.1 Å². The lowest BCUT2D eigenvalue weighted by Gasteiger charge is -2.34. The Morgan fingerprint density at radius 3 is 2.62 bits per heavy atom. The second-order valence-corrected chi connectivity index (χ2v) is 6.00. The number of carbonyl (C=O) groups excluding carboxylic acids is 1. The molecule has 1 amide bonds. The minimum absolute atomic E-state index is 0.0185. The van der Waals surface area contributed by atoms with Crippen LogP contribution in [0.15, 0.2) is 0 Å². The first-order valence-corrected chi connectivity index (χ1v) is 6.40. The Balaban J connectivity index is 2.64. The van der Waals surface area contributed by atoms with Gasteiger partial charge < -0.3 is 11.1 Å². The fourth-order valence-electron chi connectivity index (χ4n) is 2.61. The molecule has 0 radical (unpaired) electrons. The van der Waals surface area contributed by atoms with Gasteiger partial charge in [-0.1, -0.05) is 19.8 Å². The Bertz CT molecular complexity index is 263. The maximum absolute atomic E-state index is 12.3. The number of nitrogens with one attached hydrogen (secondary N) is 1. The maximum Gasteiger partial charge on any atom is 0.227 e. The van der Waals surface area contributed by atoms with Crippen LogP contribution >= 0.6 is 0 Å². The van der Waals surface area contributed by atoms with Gasteiger partial charge in [-0.05, 0) is 40.0 Å². The first-order chi connectivity index (χ1) is 7.32. The lowest BCUT2D eigenvalue weighted by molar-refractivity contribution is -0.132. The van der Waals surface area contributed by atoms with Gasteiger partial charge in [0.2, 0.25) is 5.91 Å². The van der Waals surface area contributed by atoms with Crippen LogP contribution in [0.25, 0.3) is 0 Å². The molecule has 0 aliphatic heterocycles. The monoisotopic (exact) mass is 226 g/mol. The number of rotatable bonds is 4. The third-order valence-corrected chi connectivity index (χ3v) is 3.88. The van der Waals surface area contributed by atoms with E-state index in [4.69, 9.17) is 5.73 Å². The molecule has 1 fully saturated rings. The number of hydrogen-bond donors (Lipinski definition) is 2. The summed E-state index contributed by atoms with van der Waals surface area (Å²) in [7, 11) is 0. The first-order valence-electron chi connectivity index (χ1n) is 6.40. The summed E-state index contributed by atoms with van der Waals surface area (Å²) in [6.07, 6.45) is 5.04. The van der Waals surface area contributed by atoms with Gasteiger partial charge in [0.1, 0.15) is 0 Å². The summed E-state index contributed by atoms with van der Waals surface area (Å²) >= 11 is 0. The van der Waals surface area contributed by atoms with E-state index in [0.717, 1.165) is 32.1 Å². The van der Waals surface area contributed by atoms with Gasteiger partial charge >= 0.3 is 0 Å². The summed E-state index contributed by atoms with van der Waals surface area (Å²) in [6.45, 7) is 8.30. The Labute approximate surface area is 99.2 Å². The molecule has 0 bridgehead atoms. The van der Waals surface area contributed by atoms with Gasteiger partial charge in [0, 0.05) is 11.6 Å². The quantitative estimate of drug-likeness (QED) is 0.772. The number of carbonyl (C=O) groups is 1. The molecule has 0 aromatic heterocycles. The SMILES string of the molecule is CCCC(C)(C)NC(=O)C1(C)CCCC1N. The Kier molecular flexibility index (Phi) is 4.00. The van der Waals surface area contributed by atoms with Crippen molar-refractivity contribution in [3.63, 3.8) is 0 Å². The van der Waals surface area contributed by atoms with Crippen LogP contribution in [0.1, 0.15) is 59.8 Å². The van der Waals surface area contributed by atoms with Crippen molar-refractivity contribution in [1.82, 2.24) is 5.32 Å². The van der Waals surface area contributed by atoms with E-state index in [1.54, 1.807) is 0 Å². The van der Waals surface area contributed by atoms with Gasteiger partial charge in [0.25, 0.3) is 0 Å². The maximum atomic E-state index is 12.3. The molecule has 3 nitrogen and oxygen atoms in total. The molecular formula is C13H26N2O. The average Bonchev–Trinajstić information content (AvgIpc) is 2.47. The molecule has 0 heterocycles. The molecule has 1 aliphatic carbocycles. The van der Waals surface area contributed by atoms with E-state index >= 15 is 0 Å². The second kappa shape index (κ2) is 4.74. The highest BCUT2D eigenvalue weighted by Crippen LogP contribution is 2.37. The third-order valence-electron chi connectivity index (χ3n) is 3.88. The van der Waals surface area contributed by atoms with Crippen LogP contribution in [0.4, 0.5) is 0 Å². The van der Waals surface area contributed by atoms with Crippen LogP contribution in [-0.4, -0.2) is 17.5 Å². The molecule has 1 aliphatic rings. The van der Waals surface area contributed by atoms with Crippen LogP contribution in [0.3, 0.4) is 0 Å². The molecule has 94 valence electrons. The van der Waals surface area contributed by atoms with Crippen LogP contribution in [0.2, 0.25) is 0 Å². The van der Waals surface area contributed by atoms with Gasteiger partial charge in [0.05, 0.1) is 5.41 Å². The van der Waals surface area contributed by atoms with Crippen molar-refractivity contribution in [3.05, 3.63) is 0 Å². The third kappa shape index (κ3) is 2.76. The van der Waals surface area contributed by atoms with Crippen LogP contribution < -0.4 is 11.1 Å². The van der Waals surface area contributed by atoms with E-state index in [-0.39, 0.29) is 22.9 Å². The fraction of sp³-hybridized carbons (Fsp3) is 0.923. The molecule has 0 spiro atoms. The molecule has 0 aromatic rings. The van der Waals surface area contributed by atoms with Crippen molar-refractivity contribution in [3.8, 4) is 0 Å². The second-order valence-electron chi connectivity index (χ2n) is 6.00. The van der Waals surface area contributed by atoms with Crippen molar-refractivity contribution in [2.45, 2.75) is 71.4 Å². The standard InChI is InChI=1S/C13H26N2O/c1-5-8-12(2,3)15-11(16)13(4)9-6-7-10(13)14/h10H,5-9,14H2,1-4H3,(H,15,16). The summed E-state index contributed by atoms with van der Waals surface area (Å²) < 4.78 is 0. The van der Waals surface area contributed by atoms with Crippen LogP contribution in [0.5, 0.6) is 0 Å². The fourth-order valence-corrected chi connectivity index (χ4v) is 2.61. The number of nitrogens with two attached hydrogens (primary N) is 1. The zero-order valence-corrected chi connectivity index (χ0v) is 11.1. The van der Waals surface area contributed by atoms with Crippen molar-refractivity contribution in [2.24, 2.45) is 11.1 Å². The van der Waals surface area contributed by atoms with E-state index < -0.39 is 0 Å². The van der Waals surface area contributed by atoms with Crippen molar-refractivity contribution >= 4 is 5.91 Å². The summed E-state index contributed by atoms with van der Waals surface area (Å²) in [6, 6.07) is 0.0185. The Hall–Kier alpha value is -0.570. The normalized spacial score (nSPS) is 30.4. The number of amides is 1.